The van der Waals surface area contributed by atoms with Gasteiger partial charge in [0.25, 0.3) is 0 Å². The lowest BCUT2D eigenvalue weighted by atomic mass is 10.2. The molecule has 8 nitrogen and oxygen atoms in total. The molecule has 1 amide bonds. The van der Waals surface area contributed by atoms with Crippen LogP contribution in [-0.4, -0.2) is 45.6 Å². The number of anilines is 2. The molecule has 0 aliphatic carbocycles. The summed E-state index contributed by atoms with van der Waals surface area (Å²) in [7, 11) is 0.119. The Morgan fingerprint density at radius 3 is 2.54 bits per heavy atom. The van der Waals surface area contributed by atoms with Crippen LogP contribution in [0.15, 0.2) is 63.6 Å². The highest BCUT2D eigenvalue weighted by molar-refractivity contribution is 8.15. The quantitative estimate of drug-likeness (QED) is 0.590. The van der Waals surface area contributed by atoms with Crippen LogP contribution in [0.2, 0.25) is 0 Å². The average molecular weight is 418 g/mol. The van der Waals surface area contributed by atoms with Crippen LogP contribution in [0.25, 0.3) is 0 Å². The number of benzene rings is 2. The third-order valence-corrected chi connectivity index (χ3v) is 5.77. The van der Waals surface area contributed by atoms with Gasteiger partial charge in [-0.15, -0.1) is 5.10 Å². The lowest BCUT2D eigenvalue weighted by Gasteiger charge is -2.15. The number of sulfonamides is 1. The van der Waals surface area contributed by atoms with Crippen LogP contribution < -0.4 is 14.9 Å². The number of hydrogen-bond acceptors (Lipinski definition) is 7. The summed E-state index contributed by atoms with van der Waals surface area (Å²) in [5.41, 5.74) is 2.43. The molecule has 10 heteroatoms. The van der Waals surface area contributed by atoms with Gasteiger partial charge in [0.15, 0.2) is 5.17 Å². The van der Waals surface area contributed by atoms with Crippen molar-refractivity contribution in [3.05, 3.63) is 54.1 Å². The van der Waals surface area contributed by atoms with Crippen LogP contribution in [0.4, 0.5) is 11.4 Å². The molecule has 2 N–H and O–H groups in total. The molecule has 1 aliphatic rings. The molecule has 146 valence electrons. The topological polar surface area (TPSA) is 108 Å². The molecule has 0 spiro atoms. The number of primary sulfonamides is 1. The molecule has 1 heterocycles. The van der Waals surface area contributed by atoms with Gasteiger partial charge in [0, 0.05) is 19.8 Å². The van der Waals surface area contributed by atoms with Gasteiger partial charge in [0.2, 0.25) is 15.9 Å². The fraction of sp³-hybridized carbons (Fsp3) is 0.167. The van der Waals surface area contributed by atoms with E-state index in [4.69, 9.17) is 5.14 Å². The van der Waals surface area contributed by atoms with Crippen molar-refractivity contribution in [1.82, 2.24) is 0 Å². The summed E-state index contributed by atoms with van der Waals surface area (Å²) < 4.78 is 22.8. The van der Waals surface area contributed by atoms with Gasteiger partial charge in [-0.05, 0) is 42.0 Å². The second kappa shape index (κ2) is 8.13. The summed E-state index contributed by atoms with van der Waals surface area (Å²) in [6, 6.07) is 13.5. The molecule has 28 heavy (non-hydrogen) atoms. The van der Waals surface area contributed by atoms with Gasteiger partial charge in [-0.25, -0.2) is 13.6 Å². The van der Waals surface area contributed by atoms with Crippen LogP contribution in [0.3, 0.4) is 0 Å². The lowest BCUT2D eigenvalue weighted by Crippen LogP contribution is -2.29. The van der Waals surface area contributed by atoms with Gasteiger partial charge in [-0.1, -0.05) is 23.9 Å². The number of amidine groups is 1. The van der Waals surface area contributed by atoms with E-state index in [1.165, 1.54) is 40.9 Å². The number of carbonyl (C=O) groups excluding carboxylic acids is 1. The Bertz CT molecular complexity index is 1050. The van der Waals surface area contributed by atoms with Crippen molar-refractivity contribution in [2.24, 2.45) is 15.3 Å². The van der Waals surface area contributed by atoms with E-state index in [0.29, 0.717) is 10.9 Å². The molecule has 0 radical (unpaired) electrons. The number of nitrogens with zero attached hydrogens (tertiary/aromatic N) is 4. The van der Waals surface area contributed by atoms with Gasteiger partial charge < -0.3 is 4.90 Å². The number of thioether (sulfide) groups is 1. The summed E-state index contributed by atoms with van der Waals surface area (Å²) in [6.07, 6.45) is 1.62. The van der Waals surface area contributed by atoms with E-state index >= 15 is 0 Å². The van der Waals surface area contributed by atoms with Crippen LogP contribution in [0, 0.1) is 0 Å². The summed E-state index contributed by atoms with van der Waals surface area (Å²) in [5.74, 6) is 0.0819. The summed E-state index contributed by atoms with van der Waals surface area (Å²) >= 11 is 1.27. The summed E-state index contributed by atoms with van der Waals surface area (Å²) in [6.45, 7) is 0. The zero-order valence-electron chi connectivity index (χ0n) is 15.3. The first-order chi connectivity index (χ1) is 13.3. The maximum atomic E-state index is 12.2. The van der Waals surface area contributed by atoms with Crippen LogP contribution in [0.5, 0.6) is 0 Å². The van der Waals surface area contributed by atoms with Gasteiger partial charge >= 0.3 is 0 Å². The second-order valence-corrected chi connectivity index (χ2v) is 8.68. The van der Waals surface area contributed by atoms with Crippen molar-refractivity contribution in [1.29, 1.82) is 0 Å². The van der Waals surface area contributed by atoms with E-state index in [1.54, 1.807) is 6.21 Å². The monoisotopic (exact) mass is 417 g/mol. The standard InChI is InChI=1S/C18H19N5O3S2/c1-22(2)15-5-3-4-13(10-15)11-20-21-18-23(17(24)12-27-18)14-6-8-16(9-7-14)28(19,25)26/h3-11H,12H2,1-2H3,(H2,19,25,26)/b20-11+,21-18-. The van der Waals surface area contributed by atoms with Crippen molar-refractivity contribution in [2.45, 2.75) is 4.90 Å². The smallest absolute Gasteiger partial charge is 0.243 e. The zero-order valence-corrected chi connectivity index (χ0v) is 16.9. The first-order valence-corrected chi connectivity index (χ1v) is 10.8. The third-order valence-electron chi connectivity index (χ3n) is 3.93. The molecule has 0 aromatic heterocycles. The van der Waals surface area contributed by atoms with Crippen molar-refractivity contribution in [2.75, 3.05) is 29.6 Å². The molecule has 0 saturated carbocycles. The van der Waals surface area contributed by atoms with Crippen molar-refractivity contribution >= 4 is 50.4 Å². The van der Waals surface area contributed by atoms with Crippen LogP contribution in [-0.2, 0) is 14.8 Å². The van der Waals surface area contributed by atoms with E-state index in [-0.39, 0.29) is 16.6 Å². The van der Waals surface area contributed by atoms with E-state index in [0.717, 1.165) is 11.3 Å². The second-order valence-electron chi connectivity index (χ2n) is 6.17. The van der Waals surface area contributed by atoms with Gasteiger partial charge in [-0.3, -0.25) is 9.69 Å². The molecular weight excluding hydrogens is 398 g/mol. The Morgan fingerprint density at radius 1 is 1.18 bits per heavy atom. The normalized spacial score (nSPS) is 16.3. The fourth-order valence-electron chi connectivity index (χ4n) is 2.50. The van der Waals surface area contributed by atoms with E-state index < -0.39 is 10.0 Å². The minimum absolute atomic E-state index is 0.0205. The molecule has 1 aliphatic heterocycles. The molecule has 2 aromatic rings. The van der Waals surface area contributed by atoms with Gasteiger partial charge in [0.05, 0.1) is 22.6 Å². The molecule has 0 unspecified atom stereocenters. The average Bonchev–Trinajstić information content (AvgIpc) is 3.02. The summed E-state index contributed by atoms with van der Waals surface area (Å²) in [5, 5.41) is 13.8. The molecule has 1 saturated heterocycles. The van der Waals surface area contributed by atoms with Crippen LogP contribution >= 0.6 is 11.8 Å². The van der Waals surface area contributed by atoms with E-state index in [1.807, 2.05) is 43.3 Å². The van der Waals surface area contributed by atoms with Crippen molar-refractivity contribution in [3.8, 4) is 0 Å². The Hall–Kier alpha value is -2.69. The first-order valence-electron chi connectivity index (χ1n) is 8.23. The third kappa shape index (κ3) is 4.58. The fourth-order valence-corrected chi connectivity index (χ4v) is 3.84. The Morgan fingerprint density at radius 2 is 1.89 bits per heavy atom. The molecule has 0 atom stereocenters. The lowest BCUT2D eigenvalue weighted by molar-refractivity contribution is -0.115. The predicted molar refractivity (Wildman–Crippen MR) is 114 cm³/mol. The maximum Gasteiger partial charge on any atom is 0.243 e. The van der Waals surface area contributed by atoms with E-state index in [9.17, 15) is 13.2 Å². The predicted octanol–water partition coefficient (Wildman–Crippen LogP) is 1.87. The minimum Gasteiger partial charge on any atom is -0.378 e. The number of nitrogens with two attached hydrogens (primary N) is 1. The van der Waals surface area contributed by atoms with E-state index in [2.05, 4.69) is 10.2 Å². The summed E-state index contributed by atoms with van der Waals surface area (Å²) in [4.78, 5) is 15.6. The molecule has 1 fully saturated rings. The van der Waals surface area contributed by atoms with Crippen molar-refractivity contribution < 1.29 is 13.2 Å². The molecule has 0 bridgehead atoms. The molecule has 2 aromatic carbocycles. The number of hydrogen-bond donors (Lipinski definition) is 1. The highest BCUT2D eigenvalue weighted by Crippen LogP contribution is 2.27. The van der Waals surface area contributed by atoms with Gasteiger partial charge in [-0.2, -0.15) is 5.10 Å². The minimum atomic E-state index is -3.79. The Kier molecular flexibility index (Phi) is 5.82. The Balaban J connectivity index is 1.83. The molecular formula is C18H19N5O3S2. The first kappa shape index (κ1) is 20.1. The SMILES string of the molecule is CN(C)c1cccc(/C=N/N=C2\SCC(=O)N2c2ccc(S(N)(=O)=O)cc2)c1. The van der Waals surface area contributed by atoms with Crippen LogP contribution in [0.1, 0.15) is 5.56 Å². The number of carbonyl (C=O) groups is 1. The van der Waals surface area contributed by atoms with Gasteiger partial charge in [0.1, 0.15) is 0 Å². The Labute approximate surface area is 167 Å². The zero-order chi connectivity index (χ0) is 20.3. The maximum absolute atomic E-state index is 12.2. The molecule has 3 rings (SSSR count). The highest BCUT2D eigenvalue weighted by Gasteiger charge is 2.30. The number of amides is 1. The largest absolute Gasteiger partial charge is 0.378 e. The highest BCUT2D eigenvalue weighted by atomic mass is 32.2. The van der Waals surface area contributed by atoms with Crippen molar-refractivity contribution in [3.63, 3.8) is 0 Å². The number of rotatable bonds is 5.